The Morgan fingerprint density at radius 1 is 0.955 bits per heavy atom. The number of allylic oxidation sites excluding steroid dienone is 1. The van der Waals surface area contributed by atoms with Gasteiger partial charge in [0.1, 0.15) is 11.5 Å². The maximum atomic E-state index is 11.3. The third-order valence-electron chi connectivity index (χ3n) is 4.05. The van der Waals surface area contributed by atoms with Crippen molar-refractivity contribution in [2.75, 3.05) is 21.3 Å². The third-order valence-corrected chi connectivity index (χ3v) is 4.05. The molecule has 4 heteroatoms. The van der Waals surface area contributed by atoms with E-state index in [0.717, 1.165) is 52.2 Å². The molecule has 0 aliphatic rings. The van der Waals surface area contributed by atoms with E-state index in [4.69, 9.17) is 9.47 Å². The molecule has 122 valence electrons. The largest absolute Gasteiger partial charge is 0.496 e. The van der Waals surface area contributed by atoms with E-state index < -0.39 is 0 Å². The molecule has 22 heavy (non-hydrogen) atoms. The average molecular weight is 306 g/mol. The molecule has 0 spiro atoms. The van der Waals surface area contributed by atoms with Crippen LogP contribution in [0.2, 0.25) is 0 Å². The Balaban J connectivity index is 3.16. The average Bonchev–Trinajstić information content (AvgIpc) is 2.49. The van der Waals surface area contributed by atoms with Crippen LogP contribution in [0, 0.1) is 20.8 Å². The zero-order chi connectivity index (χ0) is 16.9. The van der Waals surface area contributed by atoms with Gasteiger partial charge in [0, 0.05) is 11.6 Å². The Kier molecular flexibility index (Phi) is 6.47. The standard InChI is InChI=1S/C18H26O4/c1-11(10-16(19)20-5)8-9-15-14(4)17(21-6)12(2)13(3)18(15)22-7/h10H,8-9H2,1-7H3/b11-10+. The van der Waals surface area contributed by atoms with Gasteiger partial charge in [-0.25, -0.2) is 4.79 Å². The highest BCUT2D eigenvalue weighted by atomic mass is 16.5. The molecule has 1 aromatic carbocycles. The topological polar surface area (TPSA) is 44.8 Å². The summed E-state index contributed by atoms with van der Waals surface area (Å²) in [4.78, 5) is 11.3. The first-order chi connectivity index (χ1) is 10.4. The third kappa shape index (κ3) is 3.81. The Labute approximate surface area is 133 Å². The molecule has 0 radical (unpaired) electrons. The van der Waals surface area contributed by atoms with Crippen LogP contribution in [-0.4, -0.2) is 27.3 Å². The Bertz CT molecular complexity index is 585. The van der Waals surface area contributed by atoms with E-state index in [0.29, 0.717) is 0 Å². The summed E-state index contributed by atoms with van der Waals surface area (Å²) < 4.78 is 15.8. The molecule has 0 N–H and O–H groups in total. The lowest BCUT2D eigenvalue weighted by molar-refractivity contribution is -0.134. The van der Waals surface area contributed by atoms with Crippen LogP contribution in [0.15, 0.2) is 11.6 Å². The highest BCUT2D eigenvalue weighted by Gasteiger charge is 2.18. The van der Waals surface area contributed by atoms with Crippen molar-refractivity contribution < 1.29 is 19.0 Å². The molecule has 0 atom stereocenters. The van der Waals surface area contributed by atoms with Crippen LogP contribution in [0.3, 0.4) is 0 Å². The van der Waals surface area contributed by atoms with Crippen molar-refractivity contribution in [2.45, 2.75) is 40.5 Å². The van der Waals surface area contributed by atoms with Crippen molar-refractivity contribution in [1.29, 1.82) is 0 Å². The molecule has 0 heterocycles. The van der Waals surface area contributed by atoms with Gasteiger partial charge in [-0.05, 0) is 57.2 Å². The normalized spacial score (nSPS) is 11.3. The molecule has 0 aliphatic carbocycles. The fraction of sp³-hybridized carbons (Fsp3) is 0.500. The van der Waals surface area contributed by atoms with Gasteiger partial charge < -0.3 is 14.2 Å². The summed E-state index contributed by atoms with van der Waals surface area (Å²) in [6.45, 7) is 8.05. The van der Waals surface area contributed by atoms with Gasteiger partial charge in [-0.3, -0.25) is 0 Å². The van der Waals surface area contributed by atoms with Crippen LogP contribution in [0.25, 0.3) is 0 Å². The number of methoxy groups -OCH3 is 3. The molecule has 1 rings (SSSR count). The zero-order valence-electron chi connectivity index (χ0n) is 14.6. The summed E-state index contributed by atoms with van der Waals surface area (Å²) in [7, 11) is 4.76. The van der Waals surface area contributed by atoms with E-state index in [1.165, 1.54) is 13.2 Å². The van der Waals surface area contributed by atoms with Crippen molar-refractivity contribution in [3.8, 4) is 11.5 Å². The molecular formula is C18H26O4. The Hall–Kier alpha value is -1.97. The number of carbonyl (C=O) groups excluding carboxylic acids is 1. The summed E-state index contributed by atoms with van der Waals surface area (Å²) in [6.07, 6.45) is 3.07. The summed E-state index contributed by atoms with van der Waals surface area (Å²) in [5.41, 5.74) is 5.39. The van der Waals surface area contributed by atoms with Gasteiger partial charge in [-0.1, -0.05) is 5.57 Å². The van der Waals surface area contributed by atoms with Gasteiger partial charge in [0.05, 0.1) is 21.3 Å². The van der Waals surface area contributed by atoms with E-state index in [2.05, 4.69) is 4.74 Å². The van der Waals surface area contributed by atoms with E-state index in [1.54, 1.807) is 14.2 Å². The van der Waals surface area contributed by atoms with Gasteiger partial charge in [0.2, 0.25) is 0 Å². The smallest absolute Gasteiger partial charge is 0.330 e. The second-order valence-electron chi connectivity index (χ2n) is 5.43. The Morgan fingerprint density at radius 2 is 1.50 bits per heavy atom. The molecule has 0 saturated heterocycles. The maximum absolute atomic E-state index is 11.3. The molecular weight excluding hydrogens is 280 g/mol. The van der Waals surface area contributed by atoms with Crippen LogP contribution < -0.4 is 9.47 Å². The first-order valence-electron chi connectivity index (χ1n) is 7.33. The Morgan fingerprint density at radius 3 is 2.00 bits per heavy atom. The fourth-order valence-electron chi connectivity index (χ4n) is 2.69. The van der Waals surface area contributed by atoms with Crippen molar-refractivity contribution >= 4 is 5.97 Å². The molecule has 1 aromatic rings. The van der Waals surface area contributed by atoms with E-state index in [9.17, 15) is 4.79 Å². The maximum Gasteiger partial charge on any atom is 0.330 e. The van der Waals surface area contributed by atoms with Gasteiger partial charge in [0.25, 0.3) is 0 Å². The number of ether oxygens (including phenoxy) is 3. The minimum Gasteiger partial charge on any atom is -0.496 e. The lowest BCUT2D eigenvalue weighted by Gasteiger charge is -2.20. The second-order valence-corrected chi connectivity index (χ2v) is 5.43. The number of carbonyl (C=O) groups is 1. The molecule has 0 aromatic heterocycles. The van der Waals surface area contributed by atoms with E-state index in [1.807, 2.05) is 27.7 Å². The molecule has 0 bridgehead atoms. The first-order valence-corrected chi connectivity index (χ1v) is 7.33. The second kappa shape index (κ2) is 7.87. The highest BCUT2D eigenvalue weighted by molar-refractivity contribution is 5.82. The van der Waals surface area contributed by atoms with Gasteiger partial charge in [-0.15, -0.1) is 0 Å². The van der Waals surface area contributed by atoms with Crippen LogP contribution in [0.4, 0.5) is 0 Å². The van der Waals surface area contributed by atoms with Crippen molar-refractivity contribution in [2.24, 2.45) is 0 Å². The number of hydrogen-bond acceptors (Lipinski definition) is 4. The molecule has 0 saturated carbocycles. The van der Waals surface area contributed by atoms with Crippen LogP contribution in [-0.2, 0) is 16.0 Å². The summed E-state index contributed by atoms with van der Waals surface area (Å²) >= 11 is 0. The quantitative estimate of drug-likeness (QED) is 0.594. The van der Waals surface area contributed by atoms with E-state index in [-0.39, 0.29) is 5.97 Å². The van der Waals surface area contributed by atoms with Crippen molar-refractivity contribution in [3.05, 3.63) is 33.9 Å². The summed E-state index contributed by atoms with van der Waals surface area (Å²) in [5.74, 6) is 1.49. The molecule has 0 fully saturated rings. The van der Waals surface area contributed by atoms with Crippen LogP contribution in [0.5, 0.6) is 11.5 Å². The molecule has 0 unspecified atom stereocenters. The molecule has 0 aliphatic heterocycles. The minimum absolute atomic E-state index is 0.321. The lowest BCUT2D eigenvalue weighted by Crippen LogP contribution is -2.04. The van der Waals surface area contributed by atoms with Gasteiger partial charge >= 0.3 is 5.97 Å². The summed E-state index contributed by atoms with van der Waals surface area (Å²) in [5, 5.41) is 0. The van der Waals surface area contributed by atoms with Crippen LogP contribution in [0.1, 0.15) is 35.6 Å². The summed E-state index contributed by atoms with van der Waals surface area (Å²) in [6, 6.07) is 0. The lowest BCUT2D eigenvalue weighted by atomic mass is 9.93. The SMILES string of the molecule is COC(=O)/C=C(\C)CCc1c(C)c(OC)c(C)c(C)c1OC. The van der Waals surface area contributed by atoms with Gasteiger partial charge in [-0.2, -0.15) is 0 Å². The minimum atomic E-state index is -0.321. The van der Waals surface area contributed by atoms with Crippen molar-refractivity contribution in [3.63, 3.8) is 0 Å². The number of hydrogen-bond donors (Lipinski definition) is 0. The predicted molar refractivity (Wildman–Crippen MR) is 87.9 cm³/mol. The number of benzene rings is 1. The van der Waals surface area contributed by atoms with Gasteiger partial charge in [0.15, 0.2) is 0 Å². The zero-order valence-corrected chi connectivity index (χ0v) is 14.6. The number of esters is 1. The van der Waals surface area contributed by atoms with Crippen LogP contribution >= 0.6 is 0 Å². The molecule has 4 nitrogen and oxygen atoms in total. The number of rotatable bonds is 6. The molecule has 0 amide bonds. The first kappa shape index (κ1) is 18.1. The van der Waals surface area contributed by atoms with Crippen molar-refractivity contribution in [1.82, 2.24) is 0 Å². The highest BCUT2D eigenvalue weighted by Crippen LogP contribution is 2.38. The fourth-order valence-corrected chi connectivity index (χ4v) is 2.69. The van der Waals surface area contributed by atoms with E-state index >= 15 is 0 Å². The predicted octanol–water partition coefficient (Wildman–Crippen LogP) is 3.68. The monoisotopic (exact) mass is 306 g/mol.